The van der Waals surface area contributed by atoms with Gasteiger partial charge in [-0.3, -0.25) is 0 Å². The van der Waals surface area contributed by atoms with Crippen molar-refractivity contribution in [3.8, 4) is 0 Å². The molecule has 1 aromatic heterocycles. The number of benzene rings is 2. The summed E-state index contributed by atoms with van der Waals surface area (Å²) in [7, 11) is 0. The third kappa shape index (κ3) is 6.09. The molecule has 0 aliphatic carbocycles. The fourth-order valence-electron chi connectivity index (χ4n) is 3.18. The quantitative estimate of drug-likeness (QED) is 0.313. The second-order valence-corrected chi connectivity index (χ2v) is 8.68. The summed E-state index contributed by atoms with van der Waals surface area (Å²) in [5, 5.41) is 4.45. The Kier molecular flexibility index (Phi) is 8.36. The first kappa shape index (κ1) is 22.8. The number of nitrogens with zero attached hydrogens (tertiary/aromatic N) is 3. The molecule has 0 radical (unpaired) electrons. The van der Waals surface area contributed by atoms with Gasteiger partial charge in [-0.1, -0.05) is 48.0 Å². The number of halogens is 3. The van der Waals surface area contributed by atoms with Gasteiger partial charge < -0.3 is 10.2 Å². The second-order valence-electron chi connectivity index (χ2n) is 6.91. The van der Waals surface area contributed by atoms with Gasteiger partial charge in [0.1, 0.15) is 11.6 Å². The Bertz CT molecular complexity index is 1020. The van der Waals surface area contributed by atoms with E-state index in [0.29, 0.717) is 5.82 Å². The molecule has 7 heteroatoms. The van der Waals surface area contributed by atoms with E-state index in [1.807, 2.05) is 24.3 Å². The Morgan fingerprint density at radius 2 is 1.77 bits per heavy atom. The van der Waals surface area contributed by atoms with Crippen LogP contribution in [0.25, 0.3) is 23.1 Å². The Morgan fingerprint density at radius 3 is 2.47 bits per heavy atom. The molecule has 0 bridgehead atoms. The largest absolute Gasteiger partial charge is 0.369 e. The van der Waals surface area contributed by atoms with E-state index in [2.05, 4.69) is 55.9 Å². The fourth-order valence-corrected chi connectivity index (χ4v) is 4.49. The van der Waals surface area contributed by atoms with Gasteiger partial charge >= 0.3 is 0 Å². The number of aromatic nitrogens is 2. The zero-order valence-corrected chi connectivity index (χ0v) is 20.3. The molecule has 0 spiro atoms. The SMILES string of the molecule is CCN(CC)CCCNc1nc(C=Cc2ccc(F)cc2)nc2c(Br)cc(Br)cc12. The van der Waals surface area contributed by atoms with Gasteiger partial charge in [-0.05, 0) is 77.9 Å². The maximum atomic E-state index is 13.1. The average Bonchev–Trinajstić information content (AvgIpc) is 2.74. The van der Waals surface area contributed by atoms with Crippen LogP contribution in [0.5, 0.6) is 0 Å². The van der Waals surface area contributed by atoms with Crippen molar-refractivity contribution in [2.24, 2.45) is 0 Å². The summed E-state index contributed by atoms with van der Waals surface area (Å²) >= 11 is 7.18. The van der Waals surface area contributed by atoms with Crippen LogP contribution in [0.4, 0.5) is 10.2 Å². The van der Waals surface area contributed by atoms with Crippen LogP contribution in [0.15, 0.2) is 45.3 Å². The molecule has 3 aromatic rings. The highest BCUT2D eigenvalue weighted by Gasteiger charge is 2.11. The van der Waals surface area contributed by atoms with E-state index < -0.39 is 0 Å². The number of hydrogen-bond acceptors (Lipinski definition) is 4. The van der Waals surface area contributed by atoms with E-state index in [1.54, 1.807) is 12.1 Å². The third-order valence-electron chi connectivity index (χ3n) is 4.87. The lowest BCUT2D eigenvalue weighted by molar-refractivity contribution is 0.303. The van der Waals surface area contributed by atoms with E-state index in [1.165, 1.54) is 12.1 Å². The molecule has 2 aromatic carbocycles. The van der Waals surface area contributed by atoms with Crippen LogP contribution in [0.2, 0.25) is 0 Å². The topological polar surface area (TPSA) is 41.0 Å². The first-order chi connectivity index (χ1) is 14.5. The van der Waals surface area contributed by atoms with Crippen molar-refractivity contribution in [2.45, 2.75) is 20.3 Å². The maximum absolute atomic E-state index is 13.1. The first-order valence-electron chi connectivity index (χ1n) is 10.1. The van der Waals surface area contributed by atoms with Gasteiger partial charge in [0.25, 0.3) is 0 Å². The molecule has 3 rings (SSSR count). The number of anilines is 1. The summed E-state index contributed by atoms with van der Waals surface area (Å²) in [4.78, 5) is 11.8. The number of rotatable bonds is 9. The Hall–Kier alpha value is -1.83. The van der Waals surface area contributed by atoms with E-state index in [0.717, 1.165) is 63.8 Å². The van der Waals surface area contributed by atoms with Gasteiger partial charge in [0.2, 0.25) is 0 Å². The van der Waals surface area contributed by atoms with Crippen LogP contribution in [-0.2, 0) is 0 Å². The molecule has 0 saturated heterocycles. The first-order valence-corrected chi connectivity index (χ1v) is 11.7. The van der Waals surface area contributed by atoms with Crippen molar-refractivity contribution in [2.75, 3.05) is 31.5 Å². The molecule has 0 aliphatic heterocycles. The predicted octanol–water partition coefficient (Wildman–Crippen LogP) is 6.61. The number of nitrogens with one attached hydrogen (secondary N) is 1. The van der Waals surface area contributed by atoms with Crippen LogP contribution in [0.3, 0.4) is 0 Å². The van der Waals surface area contributed by atoms with Crippen molar-refractivity contribution >= 4 is 60.7 Å². The van der Waals surface area contributed by atoms with Gasteiger partial charge in [-0.15, -0.1) is 0 Å². The summed E-state index contributed by atoms with van der Waals surface area (Å²) in [6, 6.07) is 10.3. The monoisotopic (exact) mass is 534 g/mol. The van der Waals surface area contributed by atoms with Crippen molar-refractivity contribution < 1.29 is 4.39 Å². The minimum Gasteiger partial charge on any atom is -0.369 e. The minimum absolute atomic E-state index is 0.250. The van der Waals surface area contributed by atoms with E-state index in [-0.39, 0.29) is 5.82 Å². The van der Waals surface area contributed by atoms with Gasteiger partial charge in [-0.2, -0.15) is 0 Å². The van der Waals surface area contributed by atoms with E-state index in [4.69, 9.17) is 9.97 Å². The number of hydrogen-bond donors (Lipinski definition) is 1. The van der Waals surface area contributed by atoms with E-state index in [9.17, 15) is 4.39 Å². The molecular weight excluding hydrogens is 511 g/mol. The summed E-state index contributed by atoms with van der Waals surface area (Å²) < 4.78 is 15.0. The lowest BCUT2D eigenvalue weighted by atomic mass is 10.2. The zero-order valence-electron chi connectivity index (χ0n) is 17.1. The molecule has 30 heavy (non-hydrogen) atoms. The highest BCUT2D eigenvalue weighted by molar-refractivity contribution is 9.11. The van der Waals surface area contributed by atoms with Gasteiger partial charge in [0.15, 0.2) is 5.82 Å². The molecule has 0 unspecified atom stereocenters. The normalized spacial score (nSPS) is 11.7. The predicted molar refractivity (Wildman–Crippen MR) is 131 cm³/mol. The van der Waals surface area contributed by atoms with Crippen LogP contribution < -0.4 is 5.32 Å². The lowest BCUT2D eigenvalue weighted by Crippen LogP contribution is -2.25. The summed E-state index contributed by atoms with van der Waals surface area (Å²) in [6.45, 7) is 8.37. The van der Waals surface area contributed by atoms with Gasteiger partial charge in [0.05, 0.1) is 5.52 Å². The second kappa shape index (κ2) is 11.0. The van der Waals surface area contributed by atoms with Crippen LogP contribution in [0, 0.1) is 5.82 Å². The molecular formula is C23H25Br2FN4. The Labute approximate surface area is 193 Å². The van der Waals surface area contributed by atoms with Crippen LogP contribution >= 0.6 is 31.9 Å². The van der Waals surface area contributed by atoms with Gasteiger partial charge in [0, 0.05) is 20.9 Å². The molecule has 0 aliphatic rings. The van der Waals surface area contributed by atoms with Crippen molar-refractivity contribution in [3.05, 3.63) is 62.5 Å². The highest BCUT2D eigenvalue weighted by atomic mass is 79.9. The molecule has 158 valence electrons. The summed E-state index contributed by atoms with van der Waals surface area (Å²) in [5.41, 5.74) is 1.74. The average molecular weight is 536 g/mol. The van der Waals surface area contributed by atoms with Crippen molar-refractivity contribution in [3.63, 3.8) is 0 Å². The fraction of sp³-hybridized carbons (Fsp3) is 0.304. The van der Waals surface area contributed by atoms with Crippen LogP contribution in [-0.4, -0.2) is 41.0 Å². The van der Waals surface area contributed by atoms with Crippen molar-refractivity contribution in [1.82, 2.24) is 14.9 Å². The minimum atomic E-state index is -0.250. The third-order valence-corrected chi connectivity index (χ3v) is 5.93. The molecule has 0 atom stereocenters. The molecule has 0 amide bonds. The summed E-state index contributed by atoms with van der Waals surface area (Å²) in [6.07, 6.45) is 4.77. The zero-order chi connectivity index (χ0) is 21.5. The van der Waals surface area contributed by atoms with Crippen LogP contribution in [0.1, 0.15) is 31.7 Å². The maximum Gasteiger partial charge on any atom is 0.155 e. The Balaban J connectivity index is 1.86. The van der Waals surface area contributed by atoms with Gasteiger partial charge in [-0.25, -0.2) is 14.4 Å². The highest BCUT2D eigenvalue weighted by Crippen LogP contribution is 2.31. The molecule has 4 nitrogen and oxygen atoms in total. The molecule has 1 heterocycles. The molecule has 1 N–H and O–H groups in total. The molecule has 0 fully saturated rings. The Morgan fingerprint density at radius 1 is 1.03 bits per heavy atom. The number of fused-ring (bicyclic) bond motifs is 1. The molecule has 0 saturated carbocycles. The smallest absolute Gasteiger partial charge is 0.155 e. The standard InChI is InChI=1S/C23H25Br2FN4/c1-3-30(4-2)13-5-12-27-23-19-14-17(24)15-20(25)22(19)28-21(29-23)11-8-16-6-9-18(26)10-7-16/h6-11,14-15H,3-5,12-13H2,1-2H3,(H,27,28,29). The lowest BCUT2D eigenvalue weighted by Gasteiger charge is -2.18. The van der Waals surface area contributed by atoms with E-state index >= 15 is 0 Å². The van der Waals surface area contributed by atoms with Crippen molar-refractivity contribution in [1.29, 1.82) is 0 Å². The summed E-state index contributed by atoms with van der Waals surface area (Å²) in [5.74, 6) is 1.15.